The Kier molecular flexibility index (Phi) is 5.03. The van der Waals surface area contributed by atoms with E-state index in [0.717, 1.165) is 11.3 Å². The molecule has 2 aromatic carbocycles. The monoisotopic (exact) mass is 338 g/mol. The van der Waals surface area contributed by atoms with Crippen LogP contribution in [0.2, 0.25) is 0 Å². The molecule has 2 aromatic rings. The molecule has 1 atom stereocenters. The first-order valence-corrected chi connectivity index (χ1v) is 8.45. The number of fused-ring (bicyclic) bond motifs is 1. The van der Waals surface area contributed by atoms with Crippen LogP contribution in [-0.2, 0) is 11.2 Å². The first-order valence-electron chi connectivity index (χ1n) is 8.45. The Morgan fingerprint density at radius 3 is 2.60 bits per heavy atom. The number of carbonyl (C=O) groups is 2. The number of benzene rings is 2. The van der Waals surface area contributed by atoms with Crippen LogP contribution in [0.4, 0.5) is 5.69 Å². The first-order chi connectivity index (χ1) is 12.0. The zero-order valence-corrected chi connectivity index (χ0v) is 14.4. The Balaban J connectivity index is 1.71. The van der Waals surface area contributed by atoms with Gasteiger partial charge in [0.05, 0.1) is 5.92 Å². The third-order valence-corrected chi connectivity index (χ3v) is 4.06. The predicted octanol–water partition coefficient (Wildman–Crippen LogP) is 3.01. The summed E-state index contributed by atoms with van der Waals surface area (Å²) in [7, 11) is 0. The van der Waals surface area contributed by atoms with Gasteiger partial charge in [0.1, 0.15) is 12.4 Å². The van der Waals surface area contributed by atoms with Crippen LogP contribution in [0.5, 0.6) is 5.75 Å². The fourth-order valence-corrected chi connectivity index (χ4v) is 2.84. The predicted molar refractivity (Wildman–Crippen MR) is 96.8 cm³/mol. The van der Waals surface area contributed by atoms with E-state index in [1.165, 1.54) is 0 Å². The maximum absolute atomic E-state index is 12.3. The van der Waals surface area contributed by atoms with E-state index < -0.39 is 0 Å². The van der Waals surface area contributed by atoms with Crippen LogP contribution in [-0.4, -0.2) is 24.5 Å². The Bertz CT molecular complexity index is 772. The number of nitrogens with one attached hydrogen (secondary N) is 2. The van der Waals surface area contributed by atoms with Crippen molar-refractivity contribution in [2.75, 3.05) is 11.9 Å². The molecule has 0 aromatic heterocycles. The lowest BCUT2D eigenvalue weighted by Crippen LogP contribution is -2.40. The van der Waals surface area contributed by atoms with Gasteiger partial charge in [-0.15, -0.1) is 0 Å². The van der Waals surface area contributed by atoms with Crippen LogP contribution >= 0.6 is 0 Å². The Labute approximate surface area is 147 Å². The van der Waals surface area contributed by atoms with Crippen molar-refractivity contribution in [1.82, 2.24) is 5.32 Å². The van der Waals surface area contributed by atoms with E-state index in [0.29, 0.717) is 24.3 Å². The van der Waals surface area contributed by atoms with E-state index in [4.69, 9.17) is 4.74 Å². The molecule has 1 heterocycles. The van der Waals surface area contributed by atoms with E-state index in [-0.39, 0.29) is 23.8 Å². The third kappa shape index (κ3) is 4.18. The highest BCUT2D eigenvalue weighted by atomic mass is 16.5. The molecule has 130 valence electrons. The largest absolute Gasteiger partial charge is 0.492 e. The zero-order valence-electron chi connectivity index (χ0n) is 14.4. The molecule has 0 aliphatic carbocycles. The summed E-state index contributed by atoms with van der Waals surface area (Å²) in [5.74, 6) is 0.395. The standard InChI is InChI=1S/C20H22N2O3/c1-13(2)21-20(24)16-10-15-11-17(8-9-18(15)25-12-16)22-19(23)14-6-4-3-5-7-14/h3-9,11,13,16H,10,12H2,1-2H3,(H,21,24)(H,22,23)/t16-/m1/s1. The van der Waals surface area contributed by atoms with Gasteiger partial charge in [0.2, 0.25) is 5.91 Å². The fraction of sp³-hybridized carbons (Fsp3) is 0.300. The highest BCUT2D eigenvalue weighted by Gasteiger charge is 2.26. The van der Waals surface area contributed by atoms with E-state index in [9.17, 15) is 9.59 Å². The number of hydrogen-bond donors (Lipinski definition) is 2. The molecule has 0 fully saturated rings. The number of rotatable bonds is 4. The summed E-state index contributed by atoms with van der Waals surface area (Å²) < 4.78 is 5.71. The number of anilines is 1. The second kappa shape index (κ2) is 7.38. The molecule has 5 heteroatoms. The number of carbonyl (C=O) groups excluding carboxylic acids is 2. The second-order valence-corrected chi connectivity index (χ2v) is 6.52. The highest BCUT2D eigenvalue weighted by molar-refractivity contribution is 6.04. The Morgan fingerprint density at radius 1 is 1.12 bits per heavy atom. The summed E-state index contributed by atoms with van der Waals surface area (Å²) in [5, 5.41) is 5.81. The molecule has 5 nitrogen and oxygen atoms in total. The van der Waals surface area contributed by atoms with Crippen LogP contribution < -0.4 is 15.4 Å². The van der Waals surface area contributed by atoms with Crippen molar-refractivity contribution >= 4 is 17.5 Å². The van der Waals surface area contributed by atoms with Crippen LogP contribution in [0, 0.1) is 5.92 Å². The maximum Gasteiger partial charge on any atom is 0.255 e. The van der Waals surface area contributed by atoms with Gasteiger partial charge in [-0.2, -0.15) is 0 Å². The van der Waals surface area contributed by atoms with Gasteiger partial charge >= 0.3 is 0 Å². The molecule has 0 saturated carbocycles. The average Bonchev–Trinajstić information content (AvgIpc) is 2.61. The molecule has 1 aliphatic heterocycles. The fourth-order valence-electron chi connectivity index (χ4n) is 2.84. The van der Waals surface area contributed by atoms with Crippen molar-refractivity contribution in [3.63, 3.8) is 0 Å². The topological polar surface area (TPSA) is 67.4 Å². The SMILES string of the molecule is CC(C)NC(=O)[C@H]1COc2ccc(NC(=O)c3ccccc3)cc2C1. The lowest BCUT2D eigenvalue weighted by Gasteiger charge is -2.26. The first kappa shape index (κ1) is 17.0. The van der Waals surface area contributed by atoms with E-state index >= 15 is 0 Å². The van der Waals surface area contributed by atoms with Gasteiger partial charge in [-0.25, -0.2) is 0 Å². The summed E-state index contributed by atoms with van der Waals surface area (Å²) >= 11 is 0. The van der Waals surface area contributed by atoms with E-state index in [1.54, 1.807) is 12.1 Å². The summed E-state index contributed by atoms with van der Waals surface area (Å²) in [4.78, 5) is 24.5. The van der Waals surface area contributed by atoms with Crippen molar-refractivity contribution in [3.05, 3.63) is 59.7 Å². The molecule has 0 bridgehead atoms. The zero-order chi connectivity index (χ0) is 17.8. The average molecular weight is 338 g/mol. The van der Waals surface area contributed by atoms with Crippen molar-refractivity contribution in [3.8, 4) is 5.75 Å². The molecule has 0 saturated heterocycles. The number of amides is 2. The normalized spacial score (nSPS) is 15.9. The molecule has 1 aliphatic rings. The molecular formula is C20H22N2O3. The van der Waals surface area contributed by atoms with Crippen molar-refractivity contribution < 1.29 is 14.3 Å². The Hall–Kier alpha value is -2.82. The Morgan fingerprint density at radius 2 is 1.88 bits per heavy atom. The van der Waals surface area contributed by atoms with Crippen molar-refractivity contribution in [1.29, 1.82) is 0 Å². The summed E-state index contributed by atoms with van der Waals surface area (Å²) in [5.41, 5.74) is 2.23. The minimum atomic E-state index is -0.213. The van der Waals surface area contributed by atoms with Crippen LogP contribution in [0.25, 0.3) is 0 Å². The van der Waals surface area contributed by atoms with Gasteiger partial charge in [0.15, 0.2) is 0 Å². The molecule has 25 heavy (non-hydrogen) atoms. The molecule has 2 amide bonds. The summed E-state index contributed by atoms with van der Waals surface area (Å²) in [6.45, 7) is 4.25. The van der Waals surface area contributed by atoms with Crippen LogP contribution in [0.1, 0.15) is 29.8 Å². The minimum Gasteiger partial charge on any atom is -0.492 e. The summed E-state index contributed by atoms with van der Waals surface area (Å²) in [6, 6.07) is 14.7. The molecular weight excluding hydrogens is 316 g/mol. The van der Waals surface area contributed by atoms with Gasteiger partial charge in [-0.1, -0.05) is 18.2 Å². The molecule has 0 radical (unpaired) electrons. The van der Waals surface area contributed by atoms with Crippen molar-refractivity contribution in [2.24, 2.45) is 5.92 Å². The van der Waals surface area contributed by atoms with E-state index in [2.05, 4.69) is 10.6 Å². The lowest BCUT2D eigenvalue weighted by atomic mass is 9.95. The van der Waals surface area contributed by atoms with Gasteiger partial charge in [0, 0.05) is 17.3 Å². The molecule has 0 unspecified atom stereocenters. The third-order valence-electron chi connectivity index (χ3n) is 4.06. The molecule has 0 spiro atoms. The van der Waals surface area contributed by atoms with Gasteiger partial charge in [0.25, 0.3) is 5.91 Å². The van der Waals surface area contributed by atoms with Crippen molar-refractivity contribution in [2.45, 2.75) is 26.3 Å². The van der Waals surface area contributed by atoms with Crippen LogP contribution in [0.3, 0.4) is 0 Å². The van der Waals surface area contributed by atoms with Gasteiger partial charge < -0.3 is 15.4 Å². The van der Waals surface area contributed by atoms with Crippen LogP contribution in [0.15, 0.2) is 48.5 Å². The molecule has 2 N–H and O–H groups in total. The highest BCUT2D eigenvalue weighted by Crippen LogP contribution is 2.30. The minimum absolute atomic E-state index is 0.000579. The second-order valence-electron chi connectivity index (χ2n) is 6.52. The number of ether oxygens (including phenoxy) is 1. The van der Waals surface area contributed by atoms with Gasteiger partial charge in [-0.05, 0) is 56.2 Å². The maximum atomic E-state index is 12.3. The van der Waals surface area contributed by atoms with Gasteiger partial charge in [-0.3, -0.25) is 9.59 Å². The van der Waals surface area contributed by atoms with E-state index in [1.807, 2.05) is 50.2 Å². The molecule has 3 rings (SSSR count). The quantitative estimate of drug-likeness (QED) is 0.900. The number of hydrogen-bond acceptors (Lipinski definition) is 3. The lowest BCUT2D eigenvalue weighted by molar-refractivity contribution is -0.126. The smallest absolute Gasteiger partial charge is 0.255 e. The summed E-state index contributed by atoms with van der Waals surface area (Å²) in [6.07, 6.45) is 0.600.